The Morgan fingerprint density at radius 1 is 1.73 bits per heavy atom. The van der Waals surface area contributed by atoms with E-state index in [-0.39, 0.29) is 18.0 Å². The molecule has 1 rings (SSSR count). The van der Waals surface area contributed by atoms with Crippen molar-refractivity contribution in [2.75, 3.05) is 6.61 Å². The summed E-state index contributed by atoms with van der Waals surface area (Å²) in [7, 11) is 0. The van der Waals surface area contributed by atoms with Gasteiger partial charge >= 0.3 is 5.97 Å². The predicted molar refractivity (Wildman–Crippen MR) is 58.5 cm³/mol. The summed E-state index contributed by atoms with van der Waals surface area (Å²) in [4.78, 5) is 11.3. The van der Waals surface area contributed by atoms with Crippen LogP contribution in [-0.2, 0) is 14.3 Å². The number of cyclic esters (lactones) is 1. The fourth-order valence-corrected chi connectivity index (χ4v) is 1.97. The van der Waals surface area contributed by atoms with Crippen molar-refractivity contribution < 1.29 is 14.3 Å². The summed E-state index contributed by atoms with van der Waals surface area (Å²) in [5.41, 5.74) is 0.484. The minimum absolute atomic E-state index is 0.169. The highest BCUT2D eigenvalue weighted by molar-refractivity contribution is 5.73. The highest BCUT2D eigenvalue weighted by Gasteiger charge is 2.50. The van der Waals surface area contributed by atoms with Gasteiger partial charge in [-0.1, -0.05) is 26.0 Å². The average Bonchev–Trinajstić information content (AvgIpc) is 2.38. The lowest BCUT2D eigenvalue weighted by Crippen LogP contribution is -2.45. The molecule has 0 saturated carbocycles. The second-order valence-corrected chi connectivity index (χ2v) is 4.66. The first kappa shape index (κ1) is 12.2. The van der Waals surface area contributed by atoms with Gasteiger partial charge in [0.25, 0.3) is 0 Å². The van der Waals surface area contributed by atoms with Gasteiger partial charge in [0, 0.05) is 0 Å². The van der Waals surface area contributed by atoms with Gasteiger partial charge in [-0.05, 0) is 19.8 Å². The Labute approximate surface area is 91.4 Å². The molecule has 0 bridgehead atoms. The average molecular weight is 212 g/mol. The zero-order valence-electron chi connectivity index (χ0n) is 10.0. The maximum absolute atomic E-state index is 11.3. The molecule has 0 N–H and O–H groups in total. The van der Waals surface area contributed by atoms with Crippen LogP contribution >= 0.6 is 0 Å². The number of hydrogen-bond donors (Lipinski definition) is 0. The maximum Gasteiger partial charge on any atom is 0.309 e. The molecule has 1 aliphatic rings. The van der Waals surface area contributed by atoms with Crippen LogP contribution in [0.2, 0.25) is 0 Å². The number of hydrogen-bond acceptors (Lipinski definition) is 3. The van der Waals surface area contributed by atoms with Gasteiger partial charge in [-0.2, -0.15) is 0 Å². The van der Waals surface area contributed by atoms with Crippen molar-refractivity contribution in [1.29, 1.82) is 0 Å². The Morgan fingerprint density at radius 3 is 2.67 bits per heavy atom. The third kappa shape index (κ3) is 2.40. The zero-order chi connectivity index (χ0) is 11.6. The molecule has 1 aliphatic heterocycles. The summed E-state index contributed by atoms with van der Waals surface area (Å²) in [6, 6.07) is 0. The molecule has 0 aromatic rings. The van der Waals surface area contributed by atoms with E-state index in [0.717, 1.165) is 5.57 Å². The van der Waals surface area contributed by atoms with E-state index in [2.05, 4.69) is 20.4 Å². The van der Waals surface area contributed by atoms with Crippen molar-refractivity contribution in [2.45, 2.75) is 45.8 Å². The fraction of sp³-hybridized carbons (Fsp3) is 0.750. The summed E-state index contributed by atoms with van der Waals surface area (Å²) in [5, 5.41) is 0. The zero-order valence-corrected chi connectivity index (χ0v) is 10.0. The lowest BCUT2D eigenvalue weighted by atomic mass is 9.84. The summed E-state index contributed by atoms with van der Waals surface area (Å²) in [6.45, 7) is 12.2. The van der Waals surface area contributed by atoms with Crippen LogP contribution in [0.3, 0.4) is 0 Å². The van der Waals surface area contributed by atoms with E-state index in [0.29, 0.717) is 13.0 Å². The van der Waals surface area contributed by atoms with Gasteiger partial charge in [-0.25, -0.2) is 0 Å². The SMILES string of the molecule is C=C(C)COC1(C(C)C)CC(=O)OC1C. The van der Waals surface area contributed by atoms with Crippen molar-refractivity contribution in [1.82, 2.24) is 0 Å². The lowest BCUT2D eigenvalue weighted by molar-refractivity contribution is -0.143. The summed E-state index contributed by atoms with van der Waals surface area (Å²) in [6.07, 6.45) is 0.170. The van der Waals surface area contributed by atoms with Gasteiger partial charge in [-0.15, -0.1) is 0 Å². The number of rotatable bonds is 4. The fourth-order valence-electron chi connectivity index (χ4n) is 1.97. The topological polar surface area (TPSA) is 35.5 Å². The van der Waals surface area contributed by atoms with Gasteiger partial charge in [0.1, 0.15) is 11.7 Å². The second kappa shape index (κ2) is 4.35. The lowest BCUT2D eigenvalue weighted by Gasteiger charge is -2.34. The van der Waals surface area contributed by atoms with Crippen LogP contribution in [0.25, 0.3) is 0 Å². The Bertz CT molecular complexity index is 270. The number of esters is 1. The van der Waals surface area contributed by atoms with Gasteiger partial charge in [0.2, 0.25) is 0 Å². The van der Waals surface area contributed by atoms with Crippen LogP contribution in [0.1, 0.15) is 34.1 Å². The molecular weight excluding hydrogens is 192 g/mol. The first-order valence-corrected chi connectivity index (χ1v) is 5.36. The predicted octanol–water partition coefficient (Wildman–Crippen LogP) is 2.31. The first-order valence-electron chi connectivity index (χ1n) is 5.36. The highest BCUT2D eigenvalue weighted by atomic mass is 16.6. The van der Waals surface area contributed by atoms with Crippen LogP contribution in [0.5, 0.6) is 0 Å². The molecule has 0 aliphatic carbocycles. The molecule has 1 fully saturated rings. The van der Waals surface area contributed by atoms with E-state index in [1.54, 1.807) is 0 Å². The van der Waals surface area contributed by atoms with Crippen LogP contribution < -0.4 is 0 Å². The molecule has 3 heteroatoms. The molecule has 2 unspecified atom stereocenters. The van der Waals surface area contributed by atoms with Crippen LogP contribution in [-0.4, -0.2) is 24.3 Å². The van der Waals surface area contributed by atoms with Crippen molar-refractivity contribution in [2.24, 2.45) is 5.92 Å². The summed E-state index contributed by atoms with van der Waals surface area (Å²) < 4.78 is 11.0. The Kier molecular flexibility index (Phi) is 3.55. The third-order valence-corrected chi connectivity index (χ3v) is 2.98. The van der Waals surface area contributed by atoms with E-state index in [4.69, 9.17) is 9.47 Å². The van der Waals surface area contributed by atoms with E-state index in [1.807, 2.05) is 13.8 Å². The molecule has 2 atom stereocenters. The van der Waals surface area contributed by atoms with E-state index in [9.17, 15) is 4.79 Å². The molecule has 0 aromatic carbocycles. The molecule has 3 nitrogen and oxygen atoms in total. The van der Waals surface area contributed by atoms with Crippen molar-refractivity contribution >= 4 is 5.97 Å². The maximum atomic E-state index is 11.3. The molecule has 86 valence electrons. The van der Waals surface area contributed by atoms with Crippen LogP contribution in [0, 0.1) is 5.92 Å². The molecule has 1 saturated heterocycles. The summed E-state index contributed by atoms with van der Waals surface area (Å²) >= 11 is 0. The largest absolute Gasteiger partial charge is 0.459 e. The number of carbonyl (C=O) groups is 1. The van der Waals surface area contributed by atoms with E-state index in [1.165, 1.54) is 0 Å². The number of ether oxygens (including phenoxy) is 2. The van der Waals surface area contributed by atoms with Crippen LogP contribution in [0.15, 0.2) is 12.2 Å². The van der Waals surface area contributed by atoms with E-state index >= 15 is 0 Å². The van der Waals surface area contributed by atoms with Crippen LogP contribution in [0.4, 0.5) is 0 Å². The molecule has 0 radical (unpaired) electrons. The number of carbonyl (C=O) groups excluding carboxylic acids is 1. The third-order valence-electron chi connectivity index (χ3n) is 2.98. The summed E-state index contributed by atoms with van der Waals surface area (Å²) in [5.74, 6) is 0.0798. The molecule has 1 heterocycles. The standard InChI is InChI=1S/C12H20O3/c1-8(2)7-14-12(9(3)4)6-11(13)15-10(12)5/h9-10H,1,6-7H2,2-5H3. The van der Waals surface area contributed by atoms with E-state index < -0.39 is 5.60 Å². The van der Waals surface area contributed by atoms with Gasteiger partial charge < -0.3 is 9.47 Å². The van der Waals surface area contributed by atoms with Gasteiger partial charge in [0.15, 0.2) is 0 Å². The van der Waals surface area contributed by atoms with Crippen molar-refractivity contribution in [3.05, 3.63) is 12.2 Å². The monoisotopic (exact) mass is 212 g/mol. The quantitative estimate of drug-likeness (QED) is 0.530. The Morgan fingerprint density at radius 2 is 2.33 bits per heavy atom. The molecule has 0 spiro atoms. The molecular formula is C12H20O3. The van der Waals surface area contributed by atoms with Gasteiger partial charge in [0.05, 0.1) is 13.0 Å². The highest BCUT2D eigenvalue weighted by Crippen LogP contribution is 2.37. The molecule has 0 amide bonds. The van der Waals surface area contributed by atoms with Crippen molar-refractivity contribution in [3.63, 3.8) is 0 Å². The minimum Gasteiger partial charge on any atom is -0.459 e. The first-order chi connectivity index (χ1) is 6.88. The minimum atomic E-state index is -0.476. The Balaban J connectivity index is 2.79. The Hall–Kier alpha value is -0.830. The van der Waals surface area contributed by atoms with Gasteiger partial charge in [-0.3, -0.25) is 4.79 Å². The molecule has 15 heavy (non-hydrogen) atoms. The second-order valence-electron chi connectivity index (χ2n) is 4.66. The smallest absolute Gasteiger partial charge is 0.309 e. The van der Waals surface area contributed by atoms with Crippen molar-refractivity contribution in [3.8, 4) is 0 Å². The molecule has 0 aromatic heterocycles. The normalized spacial score (nSPS) is 30.7.